The monoisotopic (exact) mass is 443 g/mol. The van der Waals surface area contributed by atoms with Gasteiger partial charge in [-0.25, -0.2) is 14.2 Å². The molecule has 0 spiro atoms. The molecular formula is C23H26FN3O5. The summed E-state index contributed by atoms with van der Waals surface area (Å²) < 4.78 is 24.2. The quantitative estimate of drug-likeness (QED) is 0.322. The van der Waals surface area contributed by atoms with Crippen LogP contribution in [0, 0.1) is 5.82 Å². The van der Waals surface area contributed by atoms with Gasteiger partial charge in [0.1, 0.15) is 17.2 Å². The fourth-order valence-electron chi connectivity index (χ4n) is 3.35. The molecule has 2 heterocycles. The first kappa shape index (κ1) is 23.3. The van der Waals surface area contributed by atoms with Crippen LogP contribution in [-0.2, 0) is 9.47 Å². The van der Waals surface area contributed by atoms with Crippen LogP contribution in [0.4, 0.5) is 15.0 Å². The number of nitrogens with zero attached hydrogens (tertiary/aromatic N) is 3. The molecule has 1 aromatic heterocycles. The second kappa shape index (κ2) is 9.86. The number of hydrogen-bond acceptors (Lipinski definition) is 7. The van der Waals surface area contributed by atoms with Crippen LogP contribution in [-0.4, -0.2) is 52.6 Å². The Kier molecular flexibility index (Phi) is 7.19. The molecule has 1 aromatic carbocycles. The van der Waals surface area contributed by atoms with E-state index in [9.17, 15) is 19.2 Å². The molecule has 1 N–H and O–H groups in total. The molecule has 1 aliphatic rings. The number of oxime groups is 1. The van der Waals surface area contributed by atoms with Crippen LogP contribution in [0.3, 0.4) is 0 Å². The largest absolute Gasteiger partial charge is 0.443 e. The van der Waals surface area contributed by atoms with Crippen molar-refractivity contribution in [2.45, 2.75) is 45.3 Å². The van der Waals surface area contributed by atoms with Crippen molar-refractivity contribution in [1.82, 2.24) is 4.98 Å². The topological polar surface area (TPSA) is 101 Å². The van der Waals surface area contributed by atoms with Crippen molar-refractivity contribution in [2.75, 3.05) is 18.1 Å². The molecule has 3 rings (SSSR count). The highest BCUT2D eigenvalue weighted by molar-refractivity contribution is 6.51. The van der Waals surface area contributed by atoms with Gasteiger partial charge in [0.25, 0.3) is 0 Å². The number of rotatable bonds is 5. The average Bonchev–Trinajstić information content (AvgIpc) is 2.75. The molecule has 1 amide bonds. The fraction of sp³-hybridized carbons (Fsp3) is 0.391. The summed E-state index contributed by atoms with van der Waals surface area (Å²) in [5.74, 6) is -0.823. The third kappa shape index (κ3) is 5.67. The van der Waals surface area contributed by atoms with Crippen LogP contribution >= 0.6 is 0 Å². The summed E-state index contributed by atoms with van der Waals surface area (Å²) in [6.45, 7) is 6.31. The van der Waals surface area contributed by atoms with Crippen LogP contribution in [0.1, 0.15) is 49.5 Å². The van der Waals surface area contributed by atoms with Crippen LogP contribution in [0.2, 0.25) is 0 Å². The summed E-state index contributed by atoms with van der Waals surface area (Å²) in [4.78, 5) is 31.6. The van der Waals surface area contributed by atoms with Crippen molar-refractivity contribution in [3.8, 4) is 0 Å². The van der Waals surface area contributed by atoms with Crippen LogP contribution in [0.5, 0.6) is 0 Å². The van der Waals surface area contributed by atoms with E-state index in [4.69, 9.17) is 9.47 Å². The van der Waals surface area contributed by atoms with Gasteiger partial charge in [0.15, 0.2) is 5.71 Å². The molecule has 0 atom stereocenters. The molecule has 0 aliphatic carbocycles. The van der Waals surface area contributed by atoms with Gasteiger partial charge in [-0.05, 0) is 70.0 Å². The zero-order chi connectivity index (χ0) is 23.3. The lowest BCUT2D eigenvalue weighted by Crippen LogP contribution is -2.46. The van der Waals surface area contributed by atoms with E-state index in [1.807, 2.05) is 0 Å². The molecular weight excluding hydrogens is 417 g/mol. The minimum absolute atomic E-state index is 0.158. The average molecular weight is 443 g/mol. The molecule has 1 fully saturated rings. The number of aromatic nitrogens is 1. The molecule has 1 saturated heterocycles. The lowest BCUT2D eigenvalue weighted by Gasteiger charge is -2.34. The second-order valence-corrected chi connectivity index (χ2v) is 8.38. The molecule has 170 valence electrons. The van der Waals surface area contributed by atoms with Crippen molar-refractivity contribution in [2.24, 2.45) is 5.16 Å². The van der Waals surface area contributed by atoms with E-state index in [-0.39, 0.29) is 28.7 Å². The van der Waals surface area contributed by atoms with E-state index in [1.54, 1.807) is 20.8 Å². The maximum atomic E-state index is 13.2. The minimum Gasteiger partial charge on any atom is -0.443 e. The Morgan fingerprint density at radius 2 is 1.81 bits per heavy atom. The molecule has 1 aliphatic heterocycles. The molecule has 0 saturated carbocycles. The Morgan fingerprint density at radius 3 is 2.41 bits per heavy atom. The molecule has 2 aromatic rings. The Labute approximate surface area is 185 Å². The second-order valence-electron chi connectivity index (χ2n) is 8.38. The van der Waals surface area contributed by atoms with Crippen molar-refractivity contribution in [3.63, 3.8) is 0 Å². The number of Topliss-reactive ketones (excluding diaryl/α,β-unsaturated/α-hetero) is 1. The van der Waals surface area contributed by atoms with E-state index < -0.39 is 23.3 Å². The Hall–Kier alpha value is -3.33. The molecule has 0 unspecified atom stereocenters. The lowest BCUT2D eigenvalue weighted by atomic mass is 10.0. The highest BCUT2D eigenvalue weighted by Crippen LogP contribution is 2.25. The van der Waals surface area contributed by atoms with Crippen molar-refractivity contribution >= 4 is 23.4 Å². The summed E-state index contributed by atoms with van der Waals surface area (Å²) in [5, 5.41) is 12.7. The third-order valence-corrected chi connectivity index (χ3v) is 4.83. The molecule has 0 bridgehead atoms. The van der Waals surface area contributed by atoms with Gasteiger partial charge in [0, 0.05) is 36.6 Å². The number of benzene rings is 1. The predicted octanol–water partition coefficient (Wildman–Crippen LogP) is 4.20. The number of amides is 1. The van der Waals surface area contributed by atoms with Gasteiger partial charge in [0.2, 0.25) is 5.78 Å². The number of carbonyl (C=O) groups excluding carboxylic acids is 2. The standard InChI is InChI=1S/C23H26FN3O5/c1-23(2,3)32-22(29)27(18-9-12-31-13-10-18)19-14-16(8-11-25-19)20(26-30)21(28)15-4-6-17(24)7-5-15/h4-8,11,14,18,30H,9-10,12-13H2,1-3H3/b26-20+. The van der Waals surface area contributed by atoms with E-state index in [0.29, 0.717) is 26.1 Å². The van der Waals surface area contributed by atoms with Gasteiger partial charge in [0.05, 0.1) is 0 Å². The van der Waals surface area contributed by atoms with E-state index in [1.165, 1.54) is 35.4 Å². The van der Waals surface area contributed by atoms with E-state index in [0.717, 1.165) is 12.1 Å². The van der Waals surface area contributed by atoms with Gasteiger partial charge >= 0.3 is 6.09 Å². The summed E-state index contributed by atoms with van der Waals surface area (Å²) in [6.07, 6.45) is 2.05. The molecule has 8 nitrogen and oxygen atoms in total. The normalized spacial score (nSPS) is 15.3. The summed E-state index contributed by atoms with van der Waals surface area (Å²) in [6, 6.07) is 7.70. The highest BCUT2D eigenvalue weighted by atomic mass is 19.1. The van der Waals surface area contributed by atoms with Crippen molar-refractivity contribution in [3.05, 3.63) is 59.5 Å². The van der Waals surface area contributed by atoms with Crippen molar-refractivity contribution < 1.29 is 28.7 Å². The smallest absolute Gasteiger partial charge is 0.416 e. The first-order chi connectivity index (χ1) is 15.2. The zero-order valence-corrected chi connectivity index (χ0v) is 18.2. The number of anilines is 1. The van der Waals surface area contributed by atoms with Gasteiger partial charge < -0.3 is 14.7 Å². The zero-order valence-electron chi connectivity index (χ0n) is 18.2. The van der Waals surface area contributed by atoms with E-state index in [2.05, 4.69) is 10.1 Å². The summed E-state index contributed by atoms with van der Waals surface area (Å²) >= 11 is 0. The number of pyridine rings is 1. The van der Waals surface area contributed by atoms with Gasteiger partial charge in [-0.2, -0.15) is 0 Å². The Balaban J connectivity index is 1.96. The third-order valence-electron chi connectivity index (χ3n) is 4.83. The fourth-order valence-corrected chi connectivity index (χ4v) is 3.35. The SMILES string of the molecule is CC(C)(C)OC(=O)N(c1cc(/C(=N\O)C(=O)c2ccc(F)cc2)ccn1)C1CCOCC1. The summed E-state index contributed by atoms with van der Waals surface area (Å²) in [7, 11) is 0. The van der Waals surface area contributed by atoms with Gasteiger partial charge in [-0.1, -0.05) is 5.16 Å². The van der Waals surface area contributed by atoms with E-state index >= 15 is 0 Å². The Bertz CT molecular complexity index is 995. The lowest BCUT2D eigenvalue weighted by molar-refractivity contribution is 0.0485. The number of halogens is 1. The highest BCUT2D eigenvalue weighted by Gasteiger charge is 2.32. The maximum absolute atomic E-state index is 13.2. The molecule has 32 heavy (non-hydrogen) atoms. The van der Waals surface area contributed by atoms with Crippen LogP contribution in [0.15, 0.2) is 47.8 Å². The maximum Gasteiger partial charge on any atom is 0.416 e. The number of ether oxygens (including phenoxy) is 2. The summed E-state index contributed by atoms with van der Waals surface area (Å²) in [5.41, 5.74) is -0.552. The number of carbonyl (C=O) groups is 2. The molecule has 0 radical (unpaired) electrons. The number of hydrogen-bond donors (Lipinski definition) is 1. The number of ketones is 1. The van der Waals surface area contributed by atoms with Gasteiger partial charge in [-0.3, -0.25) is 9.69 Å². The Morgan fingerprint density at radius 1 is 1.16 bits per heavy atom. The molecule has 9 heteroatoms. The first-order valence-corrected chi connectivity index (χ1v) is 10.3. The first-order valence-electron chi connectivity index (χ1n) is 10.3. The van der Waals surface area contributed by atoms with Gasteiger partial charge in [-0.15, -0.1) is 0 Å². The van der Waals surface area contributed by atoms with Crippen LogP contribution < -0.4 is 4.90 Å². The predicted molar refractivity (Wildman–Crippen MR) is 116 cm³/mol. The minimum atomic E-state index is -0.714. The van der Waals surface area contributed by atoms with Crippen molar-refractivity contribution in [1.29, 1.82) is 0 Å². The van der Waals surface area contributed by atoms with Crippen LogP contribution in [0.25, 0.3) is 0 Å².